The molecule has 1 unspecified atom stereocenters. The fourth-order valence-electron chi connectivity index (χ4n) is 2.01. The van der Waals surface area contributed by atoms with E-state index in [4.69, 9.17) is 0 Å². The van der Waals surface area contributed by atoms with Gasteiger partial charge in [-0.1, -0.05) is 45.0 Å². The predicted molar refractivity (Wildman–Crippen MR) is 88.7 cm³/mol. The Morgan fingerprint density at radius 2 is 1.73 bits per heavy atom. The van der Waals surface area contributed by atoms with E-state index in [0.717, 1.165) is 5.56 Å². The van der Waals surface area contributed by atoms with Crippen LogP contribution in [0.3, 0.4) is 0 Å². The first-order valence-electron chi connectivity index (χ1n) is 7.47. The van der Waals surface area contributed by atoms with Gasteiger partial charge < -0.3 is 5.32 Å². The minimum atomic E-state index is -0.486. The highest BCUT2D eigenvalue weighted by Gasteiger charge is 2.20. The lowest BCUT2D eigenvalue weighted by atomic mass is 9.87. The summed E-state index contributed by atoms with van der Waals surface area (Å²) >= 11 is 0. The van der Waals surface area contributed by atoms with E-state index in [1.807, 2.05) is 11.9 Å². The molecule has 1 atom stereocenters. The molecule has 0 heterocycles. The standard InChI is InChI=1S/C17H27N3O2/c1-12(15(21)19-16(22)18-5)20(6)11-13-7-9-14(10-8-13)17(2,3)4/h7-10,12H,11H2,1-6H3,(H2,18,19,21,22). The Morgan fingerprint density at radius 1 is 1.18 bits per heavy atom. The lowest BCUT2D eigenvalue weighted by Gasteiger charge is -2.24. The molecule has 0 radical (unpaired) electrons. The van der Waals surface area contributed by atoms with Gasteiger partial charge in [0.2, 0.25) is 5.91 Å². The summed E-state index contributed by atoms with van der Waals surface area (Å²) in [6.07, 6.45) is 0. The van der Waals surface area contributed by atoms with E-state index in [-0.39, 0.29) is 17.4 Å². The molecule has 0 saturated carbocycles. The van der Waals surface area contributed by atoms with Gasteiger partial charge in [0.25, 0.3) is 0 Å². The van der Waals surface area contributed by atoms with E-state index >= 15 is 0 Å². The lowest BCUT2D eigenvalue weighted by Crippen LogP contribution is -2.47. The molecule has 0 aliphatic rings. The van der Waals surface area contributed by atoms with Crippen LogP contribution in [0.15, 0.2) is 24.3 Å². The summed E-state index contributed by atoms with van der Waals surface area (Å²) in [5, 5.41) is 4.66. The number of amides is 3. The molecule has 2 N–H and O–H groups in total. The van der Waals surface area contributed by atoms with Gasteiger partial charge in [0.1, 0.15) is 0 Å². The monoisotopic (exact) mass is 305 g/mol. The van der Waals surface area contributed by atoms with Gasteiger partial charge in [-0.15, -0.1) is 0 Å². The van der Waals surface area contributed by atoms with E-state index in [0.29, 0.717) is 6.54 Å². The second kappa shape index (κ2) is 7.40. The molecule has 22 heavy (non-hydrogen) atoms. The van der Waals surface area contributed by atoms with Crippen molar-refractivity contribution in [3.8, 4) is 0 Å². The number of nitrogens with zero attached hydrogens (tertiary/aromatic N) is 1. The van der Waals surface area contributed by atoms with Crippen LogP contribution in [-0.4, -0.2) is 37.0 Å². The minimum absolute atomic E-state index is 0.130. The van der Waals surface area contributed by atoms with Crippen LogP contribution in [-0.2, 0) is 16.8 Å². The number of hydrogen-bond acceptors (Lipinski definition) is 3. The molecule has 0 fully saturated rings. The maximum Gasteiger partial charge on any atom is 0.321 e. The van der Waals surface area contributed by atoms with Crippen molar-refractivity contribution in [3.05, 3.63) is 35.4 Å². The number of urea groups is 1. The Bertz CT molecular complexity index is 518. The molecule has 5 heteroatoms. The minimum Gasteiger partial charge on any atom is -0.341 e. The van der Waals surface area contributed by atoms with Crippen molar-refractivity contribution >= 4 is 11.9 Å². The third kappa shape index (κ3) is 5.15. The molecular weight excluding hydrogens is 278 g/mol. The highest BCUT2D eigenvalue weighted by atomic mass is 16.2. The van der Waals surface area contributed by atoms with Gasteiger partial charge in [0, 0.05) is 13.6 Å². The smallest absolute Gasteiger partial charge is 0.321 e. The van der Waals surface area contributed by atoms with Crippen molar-refractivity contribution in [1.29, 1.82) is 0 Å². The van der Waals surface area contributed by atoms with Crippen LogP contribution >= 0.6 is 0 Å². The highest BCUT2D eigenvalue weighted by molar-refractivity contribution is 5.96. The first kappa shape index (κ1) is 18.2. The van der Waals surface area contributed by atoms with E-state index < -0.39 is 6.03 Å². The van der Waals surface area contributed by atoms with Crippen LogP contribution in [0, 0.1) is 0 Å². The fourth-order valence-corrected chi connectivity index (χ4v) is 2.01. The summed E-state index contributed by atoms with van der Waals surface area (Å²) in [6, 6.07) is 7.54. The lowest BCUT2D eigenvalue weighted by molar-refractivity contribution is -0.124. The zero-order chi connectivity index (χ0) is 16.9. The fraction of sp³-hybridized carbons (Fsp3) is 0.529. The topological polar surface area (TPSA) is 61.4 Å². The van der Waals surface area contributed by atoms with Crippen molar-refractivity contribution in [2.24, 2.45) is 0 Å². The Balaban J connectivity index is 2.66. The summed E-state index contributed by atoms with van der Waals surface area (Å²) in [5.41, 5.74) is 2.55. The largest absolute Gasteiger partial charge is 0.341 e. The normalized spacial score (nSPS) is 12.9. The molecule has 5 nitrogen and oxygen atoms in total. The van der Waals surface area contributed by atoms with Crippen molar-refractivity contribution in [1.82, 2.24) is 15.5 Å². The average Bonchev–Trinajstić information content (AvgIpc) is 2.45. The molecule has 3 amide bonds. The molecule has 0 aromatic heterocycles. The number of imide groups is 1. The molecular formula is C17H27N3O2. The second-order valence-electron chi connectivity index (χ2n) is 6.61. The number of carbonyl (C=O) groups is 2. The summed E-state index contributed by atoms with van der Waals surface area (Å²) in [7, 11) is 3.35. The third-order valence-corrected chi connectivity index (χ3v) is 3.76. The van der Waals surface area contributed by atoms with Gasteiger partial charge in [0.05, 0.1) is 6.04 Å². The number of nitrogens with one attached hydrogen (secondary N) is 2. The maximum atomic E-state index is 11.9. The van der Waals surface area contributed by atoms with Crippen molar-refractivity contribution in [3.63, 3.8) is 0 Å². The Morgan fingerprint density at radius 3 is 2.18 bits per heavy atom. The van der Waals surface area contributed by atoms with Crippen LogP contribution in [0.1, 0.15) is 38.8 Å². The highest BCUT2D eigenvalue weighted by Crippen LogP contribution is 2.22. The predicted octanol–water partition coefficient (Wildman–Crippen LogP) is 2.26. The van der Waals surface area contributed by atoms with Crippen molar-refractivity contribution < 1.29 is 9.59 Å². The van der Waals surface area contributed by atoms with Gasteiger partial charge in [-0.25, -0.2) is 4.79 Å². The van der Waals surface area contributed by atoms with Crippen molar-refractivity contribution in [2.75, 3.05) is 14.1 Å². The number of hydrogen-bond donors (Lipinski definition) is 2. The SMILES string of the molecule is CNC(=O)NC(=O)C(C)N(C)Cc1ccc(C(C)(C)C)cc1. The molecule has 0 aliphatic carbocycles. The van der Waals surface area contributed by atoms with Crippen molar-refractivity contribution in [2.45, 2.75) is 45.7 Å². The Kier molecular flexibility index (Phi) is 6.11. The summed E-state index contributed by atoms with van der Waals surface area (Å²) in [4.78, 5) is 25.0. The van der Waals surface area contributed by atoms with Crippen LogP contribution in [0.5, 0.6) is 0 Å². The van der Waals surface area contributed by atoms with E-state index in [9.17, 15) is 9.59 Å². The zero-order valence-electron chi connectivity index (χ0n) is 14.4. The molecule has 1 aromatic carbocycles. The van der Waals surface area contributed by atoms with E-state index in [1.165, 1.54) is 12.6 Å². The Labute approximate surface area is 133 Å². The molecule has 0 aliphatic heterocycles. The molecule has 0 spiro atoms. The van der Waals surface area contributed by atoms with Gasteiger partial charge in [0.15, 0.2) is 0 Å². The summed E-state index contributed by atoms with van der Waals surface area (Å²) in [5.74, 6) is -0.312. The maximum absolute atomic E-state index is 11.9. The summed E-state index contributed by atoms with van der Waals surface area (Å²) in [6.45, 7) is 8.96. The first-order valence-corrected chi connectivity index (χ1v) is 7.47. The average molecular weight is 305 g/mol. The van der Waals surface area contributed by atoms with Crippen LogP contribution in [0.25, 0.3) is 0 Å². The number of carbonyl (C=O) groups excluding carboxylic acids is 2. The molecule has 0 bridgehead atoms. The van der Waals surface area contributed by atoms with Crippen LogP contribution in [0.2, 0.25) is 0 Å². The molecule has 122 valence electrons. The van der Waals surface area contributed by atoms with Gasteiger partial charge in [-0.2, -0.15) is 0 Å². The van der Waals surface area contributed by atoms with E-state index in [1.54, 1.807) is 6.92 Å². The zero-order valence-corrected chi connectivity index (χ0v) is 14.4. The quantitative estimate of drug-likeness (QED) is 0.897. The Hall–Kier alpha value is -1.88. The molecule has 1 aromatic rings. The van der Waals surface area contributed by atoms with Gasteiger partial charge in [-0.3, -0.25) is 15.0 Å². The number of rotatable bonds is 4. The number of benzene rings is 1. The van der Waals surface area contributed by atoms with E-state index in [2.05, 4.69) is 55.7 Å². The molecule has 0 saturated heterocycles. The van der Waals surface area contributed by atoms with Crippen LogP contribution in [0.4, 0.5) is 4.79 Å². The molecule has 1 rings (SSSR count). The van der Waals surface area contributed by atoms with Gasteiger partial charge >= 0.3 is 6.03 Å². The first-order chi connectivity index (χ1) is 10.1. The van der Waals surface area contributed by atoms with Crippen LogP contribution < -0.4 is 10.6 Å². The third-order valence-electron chi connectivity index (χ3n) is 3.76. The summed E-state index contributed by atoms with van der Waals surface area (Å²) < 4.78 is 0. The second-order valence-corrected chi connectivity index (χ2v) is 6.61. The van der Waals surface area contributed by atoms with Gasteiger partial charge in [-0.05, 0) is 30.5 Å². The number of likely N-dealkylation sites (N-methyl/N-ethyl adjacent to an activating group) is 1.